The van der Waals surface area contributed by atoms with Crippen LogP contribution in [0.4, 0.5) is 0 Å². The van der Waals surface area contributed by atoms with E-state index in [9.17, 15) is 9.67 Å². The number of rotatable bonds is 7. The summed E-state index contributed by atoms with van der Waals surface area (Å²) < 4.78 is 27.3. The van der Waals surface area contributed by atoms with Gasteiger partial charge in [-0.3, -0.25) is 9.09 Å². The van der Waals surface area contributed by atoms with E-state index in [1.54, 1.807) is 27.7 Å². The minimum absolute atomic E-state index is 0.0342. The van der Waals surface area contributed by atoms with Crippen molar-refractivity contribution in [3.05, 3.63) is 0 Å². The lowest BCUT2D eigenvalue weighted by Gasteiger charge is -2.43. The molecular weight excluding hydrogens is 275 g/mol. The van der Waals surface area contributed by atoms with Crippen molar-refractivity contribution in [2.45, 2.75) is 52.9 Å². The van der Waals surface area contributed by atoms with E-state index in [4.69, 9.17) is 18.6 Å². The Morgan fingerprint density at radius 3 is 2.11 bits per heavy atom. The molecule has 0 saturated heterocycles. The molecule has 0 amide bonds. The maximum atomic E-state index is 11.0. The van der Waals surface area contributed by atoms with Gasteiger partial charge in [-0.05, 0) is 20.0 Å². The van der Waals surface area contributed by atoms with Gasteiger partial charge in [-0.25, -0.2) is 0 Å². The molecule has 0 rings (SSSR count). The molecule has 2 N–H and O–H groups in total. The van der Waals surface area contributed by atoms with Gasteiger partial charge >= 0.3 is 8.25 Å². The predicted octanol–water partition coefficient (Wildman–Crippen LogP) is 1.48. The van der Waals surface area contributed by atoms with Gasteiger partial charge in [0.2, 0.25) is 0 Å². The Labute approximate surface area is 111 Å². The van der Waals surface area contributed by atoms with E-state index in [1.807, 2.05) is 13.1 Å². The number of hydrogen-bond donors (Lipinski definition) is 2. The van der Waals surface area contributed by atoms with Gasteiger partial charge in [0.25, 0.3) is 5.97 Å². The van der Waals surface area contributed by atoms with Crippen LogP contribution in [0.5, 0.6) is 0 Å². The lowest BCUT2D eigenvalue weighted by molar-refractivity contribution is -0.359. The van der Waals surface area contributed by atoms with Crippen molar-refractivity contribution in [3.8, 4) is 0 Å². The molecule has 8 heteroatoms. The third kappa shape index (κ3) is 5.93. The van der Waals surface area contributed by atoms with E-state index in [-0.39, 0.29) is 6.61 Å². The Morgan fingerprint density at radius 2 is 1.83 bits per heavy atom. The normalized spacial score (nSPS) is 19.6. The van der Waals surface area contributed by atoms with Gasteiger partial charge in [0.15, 0.2) is 9.04 Å². The van der Waals surface area contributed by atoms with Gasteiger partial charge in [-0.2, -0.15) is 0 Å². The lowest BCUT2D eigenvalue weighted by Crippen LogP contribution is -2.52. The van der Waals surface area contributed by atoms with Crippen molar-refractivity contribution in [3.63, 3.8) is 0 Å². The van der Waals surface area contributed by atoms with Crippen LogP contribution in [0.15, 0.2) is 0 Å². The van der Waals surface area contributed by atoms with Crippen molar-refractivity contribution < 1.29 is 28.3 Å². The second-order valence-electron chi connectivity index (χ2n) is 5.50. The second kappa shape index (κ2) is 7.14. The standard InChI is InChI=1S/C10H25O6PSi/c1-8(11)7-14-10(9(2,3)4,15-17(12)13)16-18(5)6/h8,11,17-18H,7H2,1-6H3,(H,12,13). The summed E-state index contributed by atoms with van der Waals surface area (Å²) in [6, 6.07) is 0. The number of hydrogen-bond acceptors (Lipinski definition) is 5. The summed E-state index contributed by atoms with van der Waals surface area (Å²) in [4.78, 5) is 9.05. The molecule has 3 unspecified atom stereocenters. The van der Waals surface area contributed by atoms with Crippen LogP contribution in [-0.4, -0.2) is 37.7 Å². The van der Waals surface area contributed by atoms with Crippen LogP contribution >= 0.6 is 8.25 Å². The van der Waals surface area contributed by atoms with Crippen LogP contribution in [0.1, 0.15) is 27.7 Å². The fourth-order valence-corrected chi connectivity index (χ4v) is 3.12. The van der Waals surface area contributed by atoms with E-state index >= 15 is 0 Å². The molecule has 0 aromatic rings. The van der Waals surface area contributed by atoms with Gasteiger partial charge in [0.05, 0.1) is 12.7 Å². The van der Waals surface area contributed by atoms with Gasteiger partial charge in [-0.1, -0.05) is 20.8 Å². The van der Waals surface area contributed by atoms with Crippen LogP contribution < -0.4 is 0 Å². The van der Waals surface area contributed by atoms with Crippen LogP contribution in [0.25, 0.3) is 0 Å². The molecule has 0 fully saturated rings. The summed E-state index contributed by atoms with van der Waals surface area (Å²) in [5.74, 6) is -1.60. The summed E-state index contributed by atoms with van der Waals surface area (Å²) in [5, 5.41) is 9.29. The summed E-state index contributed by atoms with van der Waals surface area (Å²) >= 11 is 0. The van der Waals surface area contributed by atoms with E-state index in [1.165, 1.54) is 0 Å². The van der Waals surface area contributed by atoms with Crippen molar-refractivity contribution in [1.82, 2.24) is 0 Å². The molecule has 0 aliphatic heterocycles. The first-order valence-corrected chi connectivity index (χ1v) is 9.96. The molecule has 6 nitrogen and oxygen atoms in total. The predicted molar refractivity (Wildman–Crippen MR) is 72.1 cm³/mol. The summed E-state index contributed by atoms with van der Waals surface area (Å²) in [7, 11) is -4.81. The zero-order chi connectivity index (χ0) is 14.6. The van der Waals surface area contributed by atoms with E-state index in [2.05, 4.69) is 0 Å². The van der Waals surface area contributed by atoms with Crippen molar-refractivity contribution >= 4 is 17.3 Å². The zero-order valence-electron chi connectivity index (χ0n) is 11.9. The third-order valence-corrected chi connectivity index (χ3v) is 3.27. The molecule has 3 atom stereocenters. The van der Waals surface area contributed by atoms with Crippen LogP contribution in [0.3, 0.4) is 0 Å². The number of aliphatic hydroxyl groups excluding tert-OH is 1. The molecule has 0 aromatic carbocycles. The minimum Gasteiger partial charge on any atom is -0.391 e. The maximum absolute atomic E-state index is 11.0. The number of ether oxygens (including phenoxy) is 1. The smallest absolute Gasteiger partial charge is 0.320 e. The first-order valence-electron chi connectivity index (χ1n) is 5.92. The lowest BCUT2D eigenvalue weighted by atomic mass is 9.93. The van der Waals surface area contributed by atoms with Crippen LogP contribution in [0.2, 0.25) is 13.1 Å². The van der Waals surface area contributed by atoms with E-state index in [0.717, 1.165) is 0 Å². The molecule has 0 aliphatic carbocycles. The Hall–Kier alpha value is 0.247. The average molecular weight is 300 g/mol. The summed E-state index contributed by atoms with van der Waals surface area (Å²) in [6.45, 7) is 10.7. The van der Waals surface area contributed by atoms with E-state index in [0.29, 0.717) is 0 Å². The maximum Gasteiger partial charge on any atom is 0.320 e. The van der Waals surface area contributed by atoms with Gasteiger partial charge in [0.1, 0.15) is 0 Å². The van der Waals surface area contributed by atoms with Crippen molar-refractivity contribution in [2.24, 2.45) is 5.41 Å². The Morgan fingerprint density at radius 1 is 1.33 bits per heavy atom. The molecule has 0 heterocycles. The second-order valence-corrected chi connectivity index (χ2v) is 8.57. The van der Waals surface area contributed by atoms with Gasteiger partial charge in [0, 0.05) is 5.41 Å². The van der Waals surface area contributed by atoms with Crippen molar-refractivity contribution in [1.29, 1.82) is 0 Å². The largest absolute Gasteiger partial charge is 0.391 e. The quantitative estimate of drug-likeness (QED) is 0.421. The Balaban J connectivity index is 5.19. The zero-order valence-corrected chi connectivity index (χ0v) is 14.0. The fourth-order valence-electron chi connectivity index (χ4n) is 1.29. The highest BCUT2D eigenvalue weighted by atomic mass is 31.1. The summed E-state index contributed by atoms with van der Waals surface area (Å²) in [6.07, 6.45) is -0.714. The molecule has 0 saturated carbocycles. The SMILES string of the molecule is CC(O)COC(O[SiH](C)C)(O[PH](=O)O)C(C)(C)C. The minimum atomic E-state index is -3.23. The Kier molecular flexibility index (Phi) is 7.24. The molecule has 0 aliphatic rings. The average Bonchev–Trinajstić information content (AvgIpc) is 2.10. The monoisotopic (exact) mass is 300 g/mol. The number of aliphatic hydroxyl groups is 1. The molecule has 18 heavy (non-hydrogen) atoms. The molecule has 110 valence electrons. The third-order valence-electron chi connectivity index (χ3n) is 2.05. The molecule has 0 bridgehead atoms. The molecule has 0 spiro atoms. The topological polar surface area (TPSA) is 85.2 Å². The Bertz CT molecular complexity index is 278. The summed E-state index contributed by atoms with van der Waals surface area (Å²) in [5.41, 5.74) is -0.664. The van der Waals surface area contributed by atoms with Gasteiger partial charge in [-0.15, -0.1) is 0 Å². The van der Waals surface area contributed by atoms with Crippen LogP contribution in [0, 0.1) is 5.41 Å². The highest BCUT2D eigenvalue weighted by molar-refractivity contribution is 7.32. The first-order chi connectivity index (χ1) is 8.00. The van der Waals surface area contributed by atoms with E-state index < -0.39 is 34.8 Å². The van der Waals surface area contributed by atoms with Gasteiger partial charge < -0.3 is 19.2 Å². The highest BCUT2D eigenvalue weighted by Gasteiger charge is 2.48. The molecular formula is C10H25O6PSi. The van der Waals surface area contributed by atoms with Crippen LogP contribution in [-0.2, 0) is 18.3 Å². The first kappa shape index (κ1) is 18.2. The molecule has 0 aromatic heterocycles. The fraction of sp³-hybridized carbons (Fsp3) is 1.00. The molecule has 0 radical (unpaired) electrons. The highest BCUT2D eigenvalue weighted by Crippen LogP contribution is 2.42. The van der Waals surface area contributed by atoms with Crippen molar-refractivity contribution in [2.75, 3.05) is 6.61 Å².